The molecule has 0 spiro atoms. The first-order valence-electron chi connectivity index (χ1n) is 6.64. The maximum Gasteiger partial charge on any atom is 0.278 e. The number of aromatic nitrogens is 1. The standard InChI is InChI=1S/C15H12Cl2F3NO/c1-7-12-11(2-3-15(19,20)13(12)22)21(14(7)17)10-5-8(16)4-9(18)6-10/h4-6,13,22H,2-3H2,1H3/t13-/m0/s1. The van der Waals surface area contributed by atoms with Crippen LogP contribution in [0.3, 0.4) is 0 Å². The van der Waals surface area contributed by atoms with Crippen LogP contribution in [0.1, 0.15) is 29.3 Å². The average molecular weight is 350 g/mol. The second-order valence-electron chi connectivity index (χ2n) is 5.40. The van der Waals surface area contributed by atoms with Crippen LogP contribution in [0, 0.1) is 12.7 Å². The Labute approximate surface area is 135 Å². The van der Waals surface area contributed by atoms with Crippen LogP contribution < -0.4 is 0 Å². The summed E-state index contributed by atoms with van der Waals surface area (Å²) < 4.78 is 42.5. The summed E-state index contributed by atoms with van der Waals surface area (Å²) in [7, 11) is 0. The van der Waals surface area contributed by atoms with E-state index in [-0.39, 0.29) is 22.2 Å². The number of rotatable bonds is 1. The largest absolute Gasteiger partial charge is 0.382 e. The number of nitrogens with zero attached hydrogens (tertiary/aromatic N) is 1. The molecule has 0 fully saturated rings. The molecule has 2 nitrogen and oxygen atoms in total. The molecule has 1 aliphatic rings. The maximum atomic E-state index is 13.7. The fraction of sp³-hybridized carbons (Fsp3) is 0.333. The first kappa shape index (κ1) is 15.7. The third kappa shape index (κ3) is 2.32. The Hall–Kier alpha value is -1.17. The predicted octanol–water partition coefficient (Wildman–Crippen LogP) is 4.85. The normalized spacial score (nSPS) is 20.0. The summed E-state index contributed by atoms with van der Waals surface area (Å²) in [6.07, 6.45) is -2.38. The molecule has 22 heavy (non-hydrogen) atoms. The summed E-state index contributed by atoms with van der Waals surface area (Å²) in [4.78, 5) is 0. The van der Waals surface area contributed by atoms with Gasteiger partial charge in [0, 0.05) is 22.7 Å². The van der Waals surface area contributed by atoms with Gasteiger partial charge in [-0.2, -0.15) is 0 Å². The minimum atomic E-state index is -3.20. The van der Waals surface area contributed by atoms with Crippen LogP contribution in [0.4, 0.5) is 13.2 Å². The highest BCUT2D eigenvalue weighted by molar-refractivity contribution is 6.31. The molecule has 0 unspecified atom stereocenters. The molecule has 1 aliphatic carbocycles. The molecule has 0 aliphatic heterocycles. The highest BCUT2D eigenvalue weighted by Crippen LogP contribution is 2.46. The van der Waals surface area contributed by atoms with E-state index in [1.165, 1.54) is 16.7 Å². The Balaban J connectivity index is 2.25. The number of alkyl halides is 2. The lowest BCUT2D eigenvalue weighted by molar-refractivity contribution is -0.122. The van der Waals surface area contributed by atoms with Gasteiger partial charge in [0.25, 0.3) is 5.92 Å². The molecule has 118 valence electrons. The van der Waals surface area contributed by atoms with Gasteiger partial charge in [0.1, 0.15) is 17.1 Å². The third-order valence-electron chi connectivity index (χ3n) is 3.96. The Morgan fingerprint density at radius 1 is 1.27 bits per heavy atom. The van der Waals surface area contributed by atoms with Gasteiger partial charge in [-0.15, -0.1) is 0 Å². The molecule has 1 N–H and O–H groups in total. The molecular formula is C15H12Cl2F3NO. The highest BCUT2D eigenvalue weighted by atomic mass is 35.5. The van der Waals surface area contributed by atoms with Crippen molar-refractivity contribution < 1.29 is 18.3 Å². The van der Waals surface area contributed by atoms with Gasteiger partial charge in [-0.05, 0) is 37.1 Å². The van der Waals surface area contributed by atoms with Crippen LogP contribution in [0.5, 0.6) is 0 Å². The molecule has 0 saturated carbocycles. The summed E-state index contributed by atoms with van der Waals surface area (Å²) in [5.41, 5.74) is 1.28. The van der Waals surface area contributed by atoms with Crippen molar-refractivity contribution in [3.63, 3.8) is 0 Å². The van der Waals surface area contributed by atoms with E-state index in [0.29, 0.717) is 16.9 Å². The predicted molar refractivity (Wildman–Crippen MR) is 78.7 cm³/mol. The number of hydrogen-bond acceptors (Lipinski definition) is 1. The van der Waals surface area contributed by atoms with E-state index in [9.17, 15) is 18.3 Å². The molecule has 3 rings (SSSR count). The molecule has 7 heteroatoms. The molecule has 1 heterocycles. The van der Waals surface area contributed by atoms with Crippen molar-refractivity contribution in [1.82, 2.24) is 4.57 Å². The van der Waals surface area contributed by atoms with E-state index < -0.39 is 24.3 Å². The lowest BCUT2D eigenvalue weighted by Gasteiger charge is -2.29. The molecule has 1 aromatic heterocycles. The fourth-order valence-corrected chi connectivity index (χ4v) is 3.43. The zero-order valence-corrected chi connectivity index (χ0v) is 13.0. The second kappa shape index (κ2) is 5.18. The van der Waals surface area contributed by atoms with Crippen molar-refractivity contribution in [1.29, 1.82) is 0 Å². The third-order valence-corrected chi connectivity index (χ3v) is 4.64. The first-order chi connectivity index (χ1) is 10.2. The average Bonchev–Trinajstić information content (AvgIpc) is 2.66. The number of hydrogen-bond donors (Lipinski definition) is 1. The smallest absolute Gasteiger partial charge is 0.278 e. The van der Waals surface area contributed by atoms with Crippen molar-refractivity contribution in [2.75, 3.05) is 0 Å². The Bertz CT molecular complexity index is 737. The zero-order chi connectivity index (χ0) is 16.2. The van der Waals surface area contributed by atoms with Crippen molar-refractivity contribution >= 4 is 23.2 Å². The minimum absolute atomic E-state index is 0.0289. The fourth-order valence-electron chi connectivity index (χ4n) is 2.91. The number of benzene rings is 1. The monoisotopic (exact) mass is 349 g/mol. The Kier molecular flexibility index (Phi) is 3.70. The Morgan fingerprint density at radius 3 is 2.59 bits per heavy atom. The van der Waals surface area contributed by atoms with E-state index in [4.69, 9.17) is 23.2 Å². The van der Waals surface area contributed by atoms with Gasteiger partial charge in [-0.25, -0.2) is 13.2 Å². The summed E-state index contributed by atoms with van der Waals surface area (Å²) in [6.45, 7) is 1.56. The van der Waals surface area contributed by atoms with Crippen molar-refractivity contribution in [3.8, 4) is 5.69 Å². The van der Waals surface area contributed by atoms with Gasteiger partial charge in [-0.1, -0.05) is 23.2 Å². The maximum absolute atomic E-state index is 13.7. The lowest BCUT2D eigenvalue weighted by Crippen LogP contribution is -2.32. The number of aliphatic hydroxyl groups excluding tert-OH is 1. The lowest BCUT2D eigenvalue weighted by atomic mass is 9.89. The summed E-state index contributed by atoms with van der Waals surface area (Å²) in [5.74, 6) is -3.76. The van der Waals surface area contributed by atoms with E-state index in [2.05, 4.69) is 0 Å². The van der Waals surface area contributed by atoms with Gasteiger partial charge < -0.3 is 9.67 Å². The summed E-state index contributed by atoms with van der Waals surface area (Å²) in [6, 6.07) is 3.86. The molecule has 1 aromatic carbocycles. The highest BCUT2D eigenvalue weighted by Gasteiger charge is 2.46. The van der Waals surface area contributed by atoms with Crippen LogP contribution in [0.15, 0.2) is 18.2 Å². The van der Waals surface area contributed by atoms with Crippen molar-refractivity contribution in [2.45, 2.75) is 31.8 Å². The van der Waals surface area contributed by atoms with Crippen LogP contribution >= 0.6 is 23.2 Å². The SMILES string of the molecule is Cc1c2c(n(-c3cc(F)cc(Cl)c3)c1Cl)CCC(F)(F)[C@H]2O. The molecule has 0 radical (unpaired) electrons. The summed E-state index contributed by atoms with van der Waals surface area (Å²) >= 11 is 12.1. The second-order valence-corrected chi connectivity index (χ2v) is 6.20. The molecule has 0 bridgehead atoms. The van der Waals surface area contributed by atoms with Gasteiger partial charge >= 0.3 is 0 Å². The van der Waals surface area contributed by atoms with Gasteiger partial charge in [0.05, 0.1) is 5.69 Å². The van der Waals surface area contributed by atoms with E-state index in [1.54, 1.807) is 6.92 Å². The van der Waals surface area contributed by atoms with Crippen LogP contribution in [-0.2, 0) is 6.42 Å². The van der Waals surface area contributed by atoms with Gasteiger partial charge in [-0.3, -0.25) is 0 Å². The first-order valence-corrected chi connectivity index (χ1v) is 7.40. The molecule has 2 aromatic rings. The minimum Gasteiger partial charge on any atom is -0.382 e. The van der Waals surface area contributed by atoms with Crippen LogP contribution in [0.2, 0.25) is 10.2 Å². The van der Waals surface area contributed by atoms with Crippen LogP contribution in [0.25, 0.3) is 5.69 Å². The van der Waals surface area contributed by atoms with Gasteiger partial charge in [0.15, 0.2) is 0 Å². The van der Waals surface area contributed by atoms with E-state index in [1.807, 2.05) is 0 Å². The number of aliphatic hydroxyl groups is 1. The van der Waals surface area contributed by atoms with Crippen LogP contribution in [-0.4, -0.2) is 15.6 Å². The van der Waals surface area contributed by atoms with Gasteiger partial charge in [0.2, 0.25) is 0 Å². The number of halogens is 5. The Morgan fingerprint density at radius 2 is 1.95 bits per heavy atom. The zero-order valence-electron chi connectivity index (χ0n) is 11.5. The molecule has 1 atom stereocenters. The van der Waals surface area contributed by atoms with Crippen molar-refractivity contribution in [3.05, 3.63) is 51.0 Å². The molecule has 0 amide bonds. The van der Waals surface area contributed by atoms with E-state index in [0.717, 1.165) is 6.07 Å². The number of fused-ring (bicyclic) bond motifs is 1. The molecule has 0 saturated heterocycles. The van der Waals surface area contributed by atoms with Crippen molar-refractivity contribution in [2.24, 2.45) is 0 Å². The van der Waals surface area contributed by atoms with E-state index >= 15 is 0 Å². The quantitative estimate of drug-likeness (QED) is 0.782. The summed E-state index contributed by atoms with van der Waals surface area (Å²) in [5, 5.41) is 10.3. The molecular weight excluding hydrogens is 338 g/mol. The topological polar surface area (TPSA) is 25.2 Å².